The molecule has 0 saturated heterocycles. The molecule has 1 atom stereocenters. The molecule has 0 fully saturated rings. The number of carbonyl (C=O) groups is 1. The minimum Gasteiger partial charge on any atom is -0.496 e. The van der Waals surface area contributed by atoms with Gasteiger partial charge in [0.1, 0.15) is 11.6 Å². The smallest absolute Gasteiger partial charge is 0.317 e. The van der Waals surface area contributed by atoms with E-state index in [0.717, 1.165) is 17.0 Å². The number of hydrogen-bond acceptors (Lipinski definition) is 4. The zero-order valence-corrected chi connectivity index (χ0v) is 16.0. The number of nitrogens with one attached hydrogen (secondary N) is 1. The van der Waals surface area contributed by atoms with Crippen molar-refractivity contribution in [3.8, 4) is 5.75 Å². The highest BCUT2D eigenvalue weighted by Crippen LogP contribution is 2.25. The first-order chi connectivity index (χ1) is 13.6. The standard InChI is InChI=1S/C21H24FN3O3/c1-3-23-21(26)25(13-15-8-4-6-10-18(15)22)14-16-12-19(24-28-16)17-9-5-7-11-20(17)27-2/h4-11,16H,3,12-14H2,1-2H3,(H,23,26). The summed E-state index contributed by atoms with van der Waals surface area (Å²) >= 11 is 0. The average molecular weight is 385 g/mol. The molecule has 2 aromatic rings. The van der Waals surface area contributed by atoms with Crippen LogP contribution in [0.1, 0.15) is 24.5 Å². The van der Waals surface area contributed by atoms with Gasteiger partial charge in [0.15, 0.2) is 6.10 Å². The second-order valence-electron chi connectivity index (χ2n) is 6.48. The minimum atomic E-state index is -0.338. The van der Waals surface area contributed by atoms with Crippen molar-refractivity contribution in [1.29, 1.82) is 0 Å². The van der Waals surface area contributed by atoms with Gasteiger partial charge < -0.3 is 19.8 Å². The molecule has 0 radical (unpaired) electrons. The molecule has 0 aliphatic carbocycles. The van der Waals surface area contributed by atoms with Crippen LogP contribution in [0, 0.1) is 5.82 Å². The van der Waals surface area contributed by atoms with Gasteiger partial charge in [-0.15, -0.1) is 0 Å². The fraction of sp³-hybridized carbons (Fsp3) is 0.333. The summed E-state index contributed by atoms with van der Waals surface area (Å²) in [5, 5.41) is 6.96. The lowest BCUT2D eigenvalue weighted by Gasteiger charge is -2.25. The van der Waals surface area contributed by atoms with Crippen molar-refractivity contribution in [3.63, 3.8) is 0 Å². The maximum absolute atomic E-state index is 14.1. The van der Waals surface area contributed by atoms with Crippen LogP contribution in [0.4, 0.5) is 9.18 Å². The van der Waals surface area contributed by atoms with Crippen molar-refractivity contribution in [2.45, 2.75) is 26.0 Å². The van der Waals surface area contributed by atoms with Crippen LogP contribution < -0.4 is 10.1 Å². The van der Waals surface area contributed by atoms with Crippen molar-refractivity contribution >= 4 is 11.7 Å². The summed E-state index contributed by atoms with van der Waals surface area (Å²) in [5.74, 6) is 0.382. The third kappa shape index (κ3) is 4.60. The van der Waals surface area contributed by atoms with E-state index < -0.39 is 0 Å². The molecular formula is C21H24FN3O3. The van der Waals surface area contributed by atoms with Gasteiger partial charge in [0.25, 0.3) is 0 Å². The summed E-state index contributed by atoms with van der Waals surface area (Å²) in [4.78, 5) is 19.6. The SMILES string of the molecule is CCNC(=O)N(Cc1ccccc1F)CC1CC(c2ccccc2OC)=NO1. The molecule has 1 unspecified atom stereocenters. The lowest BCUT2D eigenvalue weighted by Crippen LogP contribution is -2.43. The van der Waals surface area contributed by atoms with Crippen LogP contribution in [0.5, 0.6) is 5.75 Å². The monoisotopic (exact) mass is 385 g/mol. The maximum atomic E-state index is 14.1. The maximum Gasteiger partial charge on any atom is 0.317 e. The summed E-state index contributed by atoms with van der Waals surface area (Å²) in [7, 11) is 1.61. The van der Waals surface area contributed by atoms with Gasteiger partial charge in [-0.05, 0) is 25.1 Å². The molecule has 0 spiro atoms. The van der Waals surface area contributed by atoms with Crippen molar-refractivity contribution in [1.82, 2.24) is 10.2 Å². The fourth-order valence-corrected chi connectivity index (χ4v) is 3.13. The molecule has 0 aromatic heterocycles. The van der Waals surface area contributed by atoms with Crippen LogP contribution in [0.25, 0.3) is 0 Å². The number of halogens is 1. The van der Waals surface area contributed by atoms with Gasteiger partial charge in [-0.25, -0.2) is 9.18 Å². The highest BCUT2D eigenvalue weighted by molar-refractivity contribution is 6.03. The Morgan fingerprint density at radius 3 is 2.79 bits per heavy atom. The Kier molecular flexibility index (Phi) is 6.47. The molecule has 1 heterocycles. The Labute approximate surface area is 163 Å². The molecule has 148 valence electrons. The van der Waals surface area contributed by atoms with E-state index in [1.54, 1.807) is 30.2 Å². The number of ether oxygens (including phenoxy) is 1. The summed E-state index contributed by atoms with van der Waals surface area (Å²) in [6, 6.07) is 13.8. The molecule has 1 N–H and O–H groups in total. The van der Waals surface area contributed by atoms with E-state index >= 15 is 0 Å². The first kappa shape index (κ1) is 19.7. The van der Waals surface area contributed by atoms with E-state index in [4.69, 9.17) is 9.57 Å². The van der Waals surface area contributed by atoms with E-state index in [1.165, 1.54) is 6.07 Å². The zero-order valence-electron chi connectivity index (χ0n) is 16.0. The number of benzene rings is 2. The first-order valence-electron chi connectivity index (χ1n) is 9.24. The zero-order chi connectivity index (χ0) is 19.9. The van der Waals surface area contributed by atoms with E-state index in [0.29, 0.717) is 25.1 Å². The molecule has 0 bridgehead atoms. The van der Waals surface area contributed by atoms with Crippen LogP contribution in [0.15, 0.2) is 53.7 Å². The average Bonchev–Trinajstić information content (AvgIpc) is 3.17. The quantitative estimate of drug-likeness (QED) is 0.793. The molecule has 1 aliphatic rings. The second kappa shape index (κ2) is 9.21. The van der Waals surface area contributed by atoms with Gasteiger partial charge >= 0.3 is 6.03 Å². The van der Waals surface area contributed by atoms with Crippen molar-refractivity contribution in [2.75, 3.05) is 20.2 Å². The lowest BCUT2D eigenvalue weighted by atomic mass is 10.0. The Hall–Kier alpha value is -3.09. The summed E-state index contributed by atoms with van der Waals surface area (Å²) < 4.78 is 19.4. The lowest BCUT2D eigenvalue weighted by molar-refractivity contribution is 0.0588. The molecule has 28 heavy (non-hydrogen) atoms. The molecule has 1 aliphatic heterocycles. The van der Waals surface area contributed by atoms with E-state index in [9.17, 15) is 9.18 Å². The van der Waals surface area contributed by atoms with Crippen molar-refractivity contribution in [2.24, 2.45) is 5.16 Å². The van der Waals surface area contributed by atoms with Gasteiger partial charge in [0, 0.05) is 24.1 Å². The number of oxime groups is 1. The number of rotatable bonds is 7. The first-order valence-corrected chi connectivity index (χ1v) is 9.24. The molecule has 3 rings (SSSR count). The highest BCUT2D eigenvalue weighted by atomic mass is 19.1. The Morgan fingerprint density at radius 1 is 1.29 bits per heavy atom. The number of hydrogen-bond donors (Lipinski definition) is 1. The Balaban J connectivity index is 1.70. The third-order valence-electron chi connectivity index (χ3n) is 4.51. The largest absolute Gasteiger partial charge is 0.496 e. The van der Waals surface area contributed by atoms with Crippen LogP contribution in [0.2, 0.25) is 0 Å². The van der Waals surface area contributed by atoms with Gasteiger partial charge in [-0.3, -0.25) is 0 Å². The number of methoxy groups -OCH3 is 1. The molecule has 2 aromatic carbocycles. The van der Waals surface area contributed by atoms with Gasteiger partial charge in [-0.1, -0.05) is 35.5 Å². The van der Waals surface area contributed by atoms with Gasteiger partial charge in [0.05, 0.1) is 25.9 Å². The van der Waals surface area contributed by atoms with Gasteiger partial charge in [0.2, 0.25) is 0 Å². The number of amides is 2. The second-order valence-corrected chi connectivity index (χ2v) is 6.48. The summed E-state index contributed by atoms with van der Waals surface area (Å²) in [6.07, 6.45) is 0.224. The fourth-order valence-electron chi connectivity index (χ4n) is 3.13. The Bertz CT molecular complexity index is 856. The molecular weight excluding hydrogens is 361 g/mol. The topological polar surface area (TPSA) is 63.2 Å². The number of carbonyl (C=O) groups excluding carboxylic acids is 1. The number of urea groups is 1. The molecule has 0 saturated carbocycles. The number of para-hydroxylation sites is 1. The normalized spacial score (nSPS) is 15.5. The summed E-state index contributed by atoms with van der Waals surface area (Å²) in [6.45, 7) is 2.78. The third-order valence-corrected chi connectivity index (χ3v) is 4.51. The molecule has 6 nitrogen and oxygen atoms in total. The van der Waals surface area contributed by atoms with E-state index in [-0.39, 0.29) is 24.5 Å². The molecule has 2 amide bonds. The predicted octanol–water partition coefficient (Wildman–Crippen LogP) is 3.56. The molecule has 7 heteroatoms. The van der Waals surface area contributed by atoms with Gasteiger partial charge in [-0.2, -0.15) is 0 Å². The van der Waals surface area contributed by atoms with E-state index in [1.807, 2.05) is 31.2 Å². The van der Waals surface area contributed by atoms with Crippen molar-refractivity contribution < 1.29 is 18.8 Å². The predicted molar refractivity (Wildman–Crippen MR) is 105 cm³/mol. The van der Waals surface area contributed by atoms with Crippen LogP contribution in [0.3, 0.4) is 0 Å². The van der Waals surface area contributed by atoms with Crippen molar-refractivity contribution in [3.05, 3.63) is 65.5 Å². The Morgan fingerprint density at radius 2 is 2.04 bits per heavy atom. The number of nitrogens with zero attached hydrogens (tertiary/aromatic N) is 2. The highest BCUT2D eigenvalue weighted by Gasteiger charge is 2.28. The summed E-state index contributed by atoms with van der Waals surface area (Å²) in [5.41, 5.74) is 2.09. The van der Waals surface area contributed by atoms with E-state index in [2.05, 4.69) is 10.5 Å². The van der Waals surface area contributed by atoms with Crippen LogP contribution in [-0.2, 0) is 11.4 Å². The van der Waals surface area contributed by atoms with Crippen LogP contribution in [-0.4, -0.2) is 42.9 Å². The van der Waals surface area contributed by atoms with Crippen LogP contribution >= 0.6 is 0 Å². The minimum absolute atomic E-state index is 0.155.